The van der Waals surface area contributed by atoms with Crippen molar-refractivity contribution in [2.75, 3.05) is 11.5 Å². The fourth-order valence-electron chi connectivity index (χ4n) is 2.51. The molecule has 1 N–H and O–H groups in total. The van der Waals surface area contributed by atoms with Crippen LogP contribution in [-0.4, -0.2) is 28.7 Å². The number of ether oxygens (including phenoxy) is 1. The molecule has 19 heavy (non-hydrogen) atoms. The molecular formula is C14H15ClO3S. The second kappa shape index (κ2) is 4.91. The molecule has 102 valence electrons. The first kappa shape index (κ1) is 13.1. The Balaban J connectivity index is 1.84. The first-order valence-corrected chi connectivity index (χ1v) is 7.93. The highest BCUT2D eigenvalue weighted by atomic mass is 35.5. The Morgan fingerprint density at radius 3 is 2.58 bits per heavy atom. The van der Waals surface area contributed by atoms with Gasteiger partial charge < -0.3 is 9.84 Å². The van der Waals surface area contributed by atoms with Crippen LogP contribution in [0, 0.1) is 0 Å². The summed E-state index contributed by atoms with van der Waals surface area (Å²) in [7, 11) is 0. The predicted octanol–water partition coefficient (Wildman–Crippen LogP) is 3.34. The molecule has 1 aliphatic carbocycles. The molecule has 5 heteroatoms. The highest BCUT2D eigenvalue weighted by Crippen LogP contribution is 2.45. The van der Waals surface area contributed by atoms with Crippen LogP contribution in [-0.2, 0) is 10.2 Å². The molecule has 0 aromatic heterocycles. The Morgan fingerprint density at radius 2 is 2.16 bits per heavy atom. The second-order valence-electron chi connectivity index (χ2n) is 5.16. The molecule has 0 amide bonds. The van der Waals surface area contributed by atoms with E-state index in [9.17, 15) is 9.90 Å². The zero-order valence-electron chi connectivity index (χ0n) is 10.4. The SMILES string of the molecule is O=C(O)C1(c2ccc(OC3CSC3)c(Cl)c2)CCC1. The summed E-state index contributed by atoms with van der Waals surface area (Å²) in [6, 6.07) is 5.42. The van der Waals surface area contributed by atoms with Crippen LogP contribution in [0.2, 0.25) is 5.02 Å². The van der Waals surface area contributed by atoms with E-state index in [4.69, 9.17) is 16.3 Å². The van der Waals surface area contributed by atoms with Gasteiger partial charge in [-0.15, -0.1) is 0 Å². The van der Waals surface area contributed by atoms with E-state index in [0.29, 0.717) is 23.6 Å². The van der Waals surface area contributed by atoms with Crippen molar-refractivity contribution in [3.63, 3.8) is 0 Å². The average molecular weight is 299 g/mol. The van der Waals surface area contributed by atoms with E-state index in [-0.39, 0.29) is 6.10 Å². The molecule has 3 nitrogen and oxygen atoms in total. The molecule has 2 aliphatic rings. The number of hydrogen-bond acceptors (Lipinski definition) is 3. The molecule has 0 spiro atoms. The van der Waals surface area contributed by atoms with Crippen LogP contribution in [0.25, 0.3) is 0 Å². The number of benzene rings is 1. The van der Waals surface area contributed by atoms with Gasteiger partial charge in [0.2, 0.25) is 0 Å². The van der Waals surface area contributed by atoms with E-state index in [0.717, 1.165) is 23.5 Å². The topological polar surface area (TPSA) is 46.5 Å². The number of rotatable bonds is 4. The van der Waals surface area contributed by atoms with Gasteiger partial charge in [-0.25, -0.2) is 0 Å². The van der Waals surface area contributed by atoms with Crippen molar-refractivity contribution in [2.24, 2.45) is 0 Å². The lowest BCUT2D eigenvalue weighted by molar-refractivity contribution is -0.147. The lowest BCUT2D eigenvalue weighted by Gasteiger charge is -2.38. The maximum absolute atomic E-state index is 11.5. The van der Waals surface area contributed by atoms with E-state index in [1.54, 1.807) is 6.07 Å². The van der Waals surface area contributed by atoms with E-state index in [2.05, 4.69) is 0 Å². The van der Waals surface area contributed by atoms with Crippen molar-refractivity contribution in [1.29, 1.82) is 0 Å². The van der Waals surface area contributed by atoms with Crippen LogP contribution in [0.4, 0.5) is 0 Å². The summed E-state index contributed by atoms with van der Waals surface area (Å²) in [5.41, 5.74) is 0.0701. The summed E-state index contributed by atoms with van der Waals surface area (Å²) in [5.74, 6) is 1.91. The number of hydrogen-bond donors (Lipinski definition) is 1. The first-order valence-electron chi connectivity index (χ1n) is 6.40. The molecular weight excluding hydrogens is 284 g/mol. The van der Waals surface area contributed by atoms with Crippen LogP contribution < -0.4 is 4.74 Å². The van der Waals surface area contributed by atoms with Gasteiger partial charge in [0.25, 0.3) is 0 Å². The third kappa shape index (κ3) is 2.21. The number of aliphatic carboxylic acids is 1. The second-order valence-corrected chi connectivity index (χ2v) is 6.65. The van der Waals surface area contributed by atoms with Crippen molar-refractivity contribution < 1.29 is 14.6 Å². The quantitative estimate of drug-likeness (QED) is 0.926. The number of thioether (sulfide) groups is 1. The van der Waals surface area contributed by atoms with Crippen LogP contribution in [0.5, 0.6) is 5.75 Å². The normalized spacial score (nSPS) is 21.3. The molecule has 0 bridgehead atoms. The maximum atomic E-state index is 11.5. The molecule has 1 saturated heterocycles. The largest absolute Gasteiger partial charge is 0.487 e. The molecule has 2 fully saturated rings. The van der Waals surface area contributed by atoms with Gasteiger partial charge in [0.05, 0.1) is 10.4 Å². The molecule has 0 radical (unpaired) electrons. The van der Waals surface area contributed by atoms with Gasteiger partial charge in [-0.05, 0) is 30.5 Å². The van der Waals surface area contributed by atoms with Gasteiger partial charge in [-0.3, -0.25) is 4.79 Å². The number of carboxylic acid groups (broad SMARTS) is 1. The molecule has 1 aromatic rings. The van der Waals surface area contributed by atoms with Gasteiger partial charge in [-0.2, -0.15) is 11.8 Å². The molecule has 1 aliphatic heterocycles. The van der Waals surface area contributed by atoms with Crippen molar-refractivity contribution in [1.82, 2.24) is 0 Å². The van der Waals surface area contributed by atoms with Crippen molar-refractivity contribution in [2.45, 2.75) is 30.8 Å². The fraction of sp³-hybridized carbons (Fsp3) is 0.500. The highest BCUT2D eigenvalue weighted by Gasteiger charge is 2.46. The van der Waals surface area contributed by atoms with E-state index < -0.39 is 11.4 Å². The minimum atomic E-state index is -0.751. The van der Waals surface area contributed by atoms with Gasteiger partial charge in [0.15, 0.2) is 0 Å². The van der Waals surface area contributed by atoms with Crippen molar-refractivity contribution >= 4 is 29.3 Å². The standard InChI is InChI=1S/C14H15ClO3S/c15-11-6-9(14(13(16)17)4-1-5-14)2-3-12(11)18-10-7-19-8-10/h2-3,6,10H,1,4-5,7-8H2,(H,16,17). The Kier molecular flexibility index (Phi) is 3.39. The zero-order valence-corrected chi connectivity index (χ0v) is 12.0. The minimum absolute atomic E-state index is 0.241. The van der Waals surface area contributed by atoms with Crippen LogP contribution in [0.3, 0.4) is 0 Å². The number of halogens is 1. The summed E-state index contributed by atoms with van der Waals surface area (Å²) in [4.78, 5) is 11.5. The van der Waals surface area contributed by atoms with Gasteiger partial charge in [0, 0.05) is 11.5 Å². The highest BCUT2D eigenvalue weighted by molar-refractivity contribution is 8.00. The fourth-order valence-corrected chi connectivity index (χ4v) is 3.30. The third-order valence-electron chi connectivity index (χ3n) is 4.00. The summed E-state index contributed by atoms with van der Waals surface area (Å²) in [6.45, 7) is 0. The Labute approximate surface area is 121 Å². The molecule has 1 aromatic carbocycles. The maximum Gasteiger partial charge on any atom is 0.314 e. The average Bonchev–Trinajstić information content (AvgIpc) is 2.23. The molecule has 3 rings (SSSR count). The van der Waals surface area contributed by atoms with Gasteiger partial charge in [-0.1, -0.05) is 24.1 Å². The van der Waals surface area contributed by atoms with Gasteiger partial charge >= 0.3 is 5.97 Å². The van der Waals surface area contributed by atoms with E-state index >= 15 is 0 Å². The molecule has 0 unspecified atom stereocenters. The summed E-state index contributed by atoms with van der Waals surface area (Å²) in [6.07, 6.45) is 2.59. The van der Waals surface area contributed by atoms with Gasteiger partial charge in [0.1, 0.15) is 11.9 Å². The van der Waals surface area contributed by atoms with E-state index in [1.165, 1.54) is 0 Å². The van der Waals surface area contributed by atoms with E-state index in [1.807, 2.05) is 23.9 Å². The molecule has 1 heterocycles. The summed E-state index contributed by atoms with van der Waals surface area (Å²) >= 11 is 8.07. The molecule has 0 atom stereocenters. The summed E-state index contributed by atoms with van der Waals surface area (Å²) < 4.78 is 5.76. The van der Waals surface area contributed by atoms with Crippen molar-refractivity contribution in [3.05, 3.63) is 28.8 Å². The lowest BCUT2D eigenvalue weighted by Crippen LogP contribution is -2.42. The smallest absolute Gasteiger partial charge is 0.314 e. The Morgan fingerprint density at radius 1 is 1.42 bits per heavy atom. The monoisotopic (exact) mass is 298 g/mol. The first-order chi connectivity index (χ1) is 9.12. The van der Waals surface area contributed by atoms with Crippen LogP contribution in [0.15, 0.2) is 18.2 Å². The Hall–Kier alpha value is -0.870. The van der Waals surface area contributed by atoms with Crippen LogP contribution >= 0.6 is 23.4 Å². The molecule has 1 saturated carbocycles. The Bertz CT molecular complexity index is 509. The summed E-state index contributed by atoms with van der Waals surface area (Å²) in [5, 5.41) is 9.93. The number of carboxylic acids is 1. The predicted molar refractivity (Wildman–Crippen MR) is 76.4 cm³/mol. The van der Waals surface area contributed by atoms with Crippen LogP contribution in [0.1, 0.15) is 24.8 Å². The zero-order chi connectivity index (χ0) is 13.5. The number of carbonyl (C=O) groups is 1. The third-order valence-corrected chi connectivity index (χ3v) is 5.51. The van der Waals surface area contributed by atoms with Crippen molar-refractivity contribution in [3.8, 4) is 5.75 Å². The minimum Gasteiger partial charge on any atom is -0.487 e. The lowest BCUT2D eigenvalue weighted by atomic mass is 9.64.